The zero-order valence-corrected chi connectivity index (χ0v) is 27.0. The Hall–Kier alpha value is -3.55. The molecule has 0 aliphatic heterocycles. The Labute approximate surface area is 274 Å². The number of hydrogen-bond donors (Lipinski definition) is 6. The number of rotatable bonds is 18. The van der Waals surface area contributed by atoms with E-state index in [0.29, 0.717) is 12.8 Å². The van der Waals surface area contributed by atoms with E-state index in [0.717, 1.165) is 5.57 Å². The molecule has 46 heavy (non-hydrogen) atoms. The van der Waals surface area contributed by atoms with Crippen molar-refractivity contribution in [3.8, 4) is 0 Å². The van der Waals surface area contributed by atoms with Crippen molar-refractivity contribution in [1.82, 2.24) is 0 Å². The predicted octanol–water partition coefficient (Wildman–Crippen LogP) is 3.38. The van der Waals surface area contributed by atoms with Crippen LogP contribution in [-0.4, -0.2) is 86.0 Å². The van der Waals surface area contributed by atoms with Gasteiger partial charge in [0.15, 0.2) is 5.78 Å². The molecule has 0 aromatic carbocycles. The molecule has 1 saturated carbocycles. The summed E-state index contributed by atoms with van der Waals surface area (Å²) in [4.78, 5) is 46.8. The van der Waals surface area contributed by atoms with Crippen LogP contribution in [-0.2, 0) is 23.9 Å². The number of hydrogen-bond acceptors (Lipinski definition) is 10. The number of Topliss-reactive ketones (excluding diaryl/α,β-unsaturated/α-hetero) is 1. The van der Waals surface area contributed by atoms with Gasteiger partial charge >= 0.3 is 18.0 Å². The van der Waals surface area contributed by atoms with Crippen LogP contribution < -0.4 is 5.73 Å². The summed E-state index contributed by atoms with van der Waals surface area (Å²) >= 11 is 6.27. The molecule has 0 bridgehead atoms. The van der Waals surface area contributed by atoms with Crippen LogP contribution in [0.4, 0.5) is 4.79 Å². The number of esters is 1. The summed E-state index contributed by atoms with van der Waals surface area (Å²) in [7, 11) is 0. The average molecular weight is 668 g/mol. The minimum atomic E-state index is -1.82. The fourth-order valence-corrected chi connectivity index (χ4v) is 4.69. The number of carbonyl (C=O) groups excluding carboxylic acids is 3. The van der Waals surface area contributed by atoms with E-state index in [1.807, 2.05) is 6.92 Å². The second kappa shape index (κ2) is 21.3. The van der Waals surface area contributed by atoms with Gasteiger partial charge in [-0.25, -0.2) is 9.59 Å². The van der Waals surface area contributed by atoms with Gasteiger partial charge < -0.3 is 40.7 Å². The lowest BCUT2D eigenvalue weighted by atomic mass is 9.85. The fraction of sp³-hybridized carbons (Fsp3) is 0.515. The van der Waals surface area contributed by atoms with Gasteiger partial charge in [0.05, 0.1) is 24.2 Å². The summed E-state index contributed by atoms with van der Waals surface area (Å²) in [5.74, 6) is -3.96. The number of carboxylic acids is 1. The van der Waals surface area contributed by atoms with Gasteiger partial charge in [0.1, 0.15) is 18.3 Å². The van der Waals surface area contributed by atoms with Crippen molar-refractivity contribution in [2.24, 2.45) is 17.6 Å². The first-order chi connectivity index (χ1) is 21.7. The molecule has 0 aromatic heterocycles. The van der Waals surface area contributed by atoms with Gasteiger partial charge in [-0.15, -0.1) is 0 Å². The van der Waals surface area contributed by atoms with Gasteiger partial charge in [0, 0.05) is 36.3 Å². The monoisotopic (exact) mass is 667 g/mol. The first-order valence-electron chi connectivity index (χ1n) is 15.0. The predicted molar refractivity (Wildman–Crippen MR) is 171 cm³/mol. The normalized spacial score (nSPS) is 23.0. The largest absolute Gasteiger partial charge is 0.481 e. The average Bonchev–Trinajstić information content (AvgIpc) is 2.99. The molecule has 1 aliphatic rings. The lowest BCUT2D eigenvalue weighted by molar-refractivity contribution is -0.159. The molecular weight excluding hydrogens is 622 g/mol. The van der Waals surface area contributed by atoms with E-state index < -0.39 is 78.7 Å². The second-order valence-electron chi connectivity index (χ2n) is 11.1. The highest BCUT2D eigenvalue weighted by atomic mass is 35.5. The van der Waals surface area contributed by atoms with E-state index in [4.69, 9.17) is 31.9 Å². The molecule has 7 N–H and O–H groups in total. The van der Waals surface area contributed by atoms with Gasteiger partial charge in [0.25, 0.3) is 0 Å². The minimum absolute atomic E-state index is 0.0634. The number of carbonyl (C=O) groups is 4. The third-order valence-corrected chi connectivity index (χ3v) is 7.67. The van der Waals surface area contributed by atoms with Gasteiger partial charge in [-0.05, 0) is 38.3 Å². The number of ketones is 1. The Bertz CT molecular complexity index is 1210. The molecule has 1 aliphatic carbocycles. The van der Waals surface area contributed by atoms with Crippen LogP contribution >= 0.6 is 11.6 Å². The molecule has 0 aromatic rings. The lowest BCUT2D eigenvalue weighted by Gasteiger charge is -2.30. The highest BCUT2D eigenvalue weighted by Gasteiger charge is 2.35. The molecule has 0 saturated heterocycles. The van der Waals surface area contributed by atoms with Crippen molar-refractivity contribution < 1.29 is 54.2 Å². The maximum absolute atomic E-state index is 12.5. The topological polar surface area (TPSA) is 214 Å². The molecule has 0 radical (unpaired) electrons. The number of ether oxygens (including phenoxy) is 2. The van der Waals surface area contributed by atoms with E-state index in [1.54, 1.807) is 49.5 Å². The Morgan fingerprint density at radius 1 is 1.02 bits per heavy atom. The summed E-state index contributed by atoms with van der Waals surface area (Å²) in [6.07, 6.45) is 8.08. The smallest absolute Gasteiger partial charge is 0.405 e. The Morgan fingerprint density at radius 2 is 1.67 bits per heavy atom. The third-order valence-electron chi connectivity index (χ3n) is 7.20. The van der Waals surface area contributed by atoms with Crippen molar-refractivity contribution in [2.75, 3.05) is 0 Å². The number of aliphatic hydroxyl groups is 4. The van der Waals surface area contributed by atoms with E-state index in [-0.39, 0.29) is 24.3 Å². The van der Waals surface area contributed by atoms with Gasteiger partial charge in [-0.2, -0.15) is 0 Å². The Morgan fingerprint density at radius 3 is 2.30 bits per heavy atom. The number of nitrogens with two attached hydrogens (primary N) is 1. The first kappa shape index (κ1) is 40.5. The second-order valence-corrected chi connectivity index (χ2v) is 11.5. The molecule has 1 fully saturated rings. The van der Waals surface area contributed by atoms with Crippen LogP contribution in [0.25, 0.3) is 0 Å². The SMILES string of the molecule is CC/C=C/C(CC(O)CC(=O)C(O)C(O)C(C)/C(Cl)=C/C=C/C=C(C)/C=C/C=C/C(=O)O[C@H]1C[C@H](C(=O)O)CC[C@H]1O)OC(N)=O. The highest BCUT2D eigenvalue weighted by Crippen LogP contribution is 2.27. The zero-order valence-electron chi connectivity index (χ0n) is 26.3. The molecule has 256 valence electrons. The summed E-state index contributed by atoms with van der Waals surface area (Å²) in [5.41, 5.74) is 5.84. The van der Waals surface area contributed by atoms with Crippen molar-refractivity contribution in [3.05, 3.63) is 71.4 Å². The maximum Gasteiger partial charge on any atom is 0.405 e. The van der Waals surface area contributed by atoms with Crippen molar-refractivity contribution in [2.45, 2.75) is 95.9 Å². The molecule has 13 heteroatoms. The van der Waals surface area contributed by atoms with Crippen molar-refractivity contribution >= 4 is 35.4 Å². The van der Waals surface area contributed by atoms with E-state index in [9.17, 15) is 39.6 Å². The van der Waals surface area contributed by atoms with Crippen LogP contribution in [0.2, 0.25) is 0 Å². The minimum Gasteiger partial charge on any atom is -0.481 e. The number of amides is 1. The van der Waals surface area contributed by atoms with Gasteiger partial charge in [0.2, 0.25) is 0 Å². The number of primary amides is 1. The molecule has 0 heterocycles. The van der Waals surface area contributed by atoms with Gasteiger partial charge in [-0.1, -0.05) is 73.6 Å². The van der Waals surface area contributed by atoms with Crippen LogP contribution in [0.5, 0.6) is 0 Å². The summed E-state index contributed by atoms with van der Waals surface area (Å²) < 4.78 is 10.1. The highest BCUT2D eigenvalue weighted by molar-refractivity contribution is 6.30. The Balaban J connectivity index is 2.61. The summed E-state index contributed by atoms with van der Waals surface area (Å²) in [6.45, 7) is 5.19. The zero-order chi connectivity index (χ0) is 34.8. The molecule has 1 rings (SSSR count). The van der Waals surface area contributed by atoms with E-state index >= 15 is 0 Å². The van der Waals surface area contributed by atoms with Gasteiger partial charge in [-0.3, -0.25) is 9.59 Å². The first-order valence-corrected chi connectivity index (χ1v) is 15.4. The lowest BCUT2D eigenvalue weighted by Crippen LogP contribution is -2.40. The number of carboxylic acid groups (broad SMARTS) is 1. The van der Waals surface area contributed by atoms with E-state index in [2.05, 4.69) is 0 Å². The van der Waals surface area contributed by atoms with Crippen molar-refractivity contribution in [1.29, 1.82) is 0 Å². The molecular formula is C33H46ClNO11. The number of allylic oxidation sites excluding steroid dienone is 9. The fourth-order valence-electron chi connectivity index (χ4n) is 4.49. The number of aliphatic hydroxyl groups excluding tert-OH is 4. The van der Waals surface area contributed by atoms with Crippen LogP contribution in [0.1, 0.15) is 59.3 Å². The van der Waals surface area contributed by atoms with E-state index in [1.165, 1.54) is 25.2 Å². The number of halogens is 1. The molecule has 5 unspecified atom stereocenters. The molecule has 0 spiro atoms. The maximum atomic E-state index is 12.5. The molecule has 8 atom stereocenters. The quantitative estimate of drug-likeness (QED) is 0.0539. The number of aliphatic carboxylic acids is 1. The summed E-state index contributed by atoms with van der Waals surface area (Å²) in [6, 6.07) is 0. The van der Waals surface area contributed by atoms with Crippen LogP contribution in [0.15, 0.2) is 71.4 Å². The molecule has 1 amide bonds. The van der Waals surface area contributed by atoms with Crippen LogP contribution in [0.3, 0.4) is 0 Å². The van der Waals surface area contributed by atoms with Crippen molar-refractivity contribution in [3.63, 3.8) is 0 Å². The third kappa shape index (κ3) is 15.6. The Kier molecular flexibility index (Phi) is 18.7. The van der Waals surface area contributed by atoms with Crippen LogP contribution in [0, 0.1) is 11.8 Å². The molecule has 12 nitrogen and oxygen atoms in total. The summed E-state index contributed by atoms with van der Waals surface area (Å²) in [5, 5.41) is 50.5. The standard InChI is InChI=1S/C33H46ClNO11/c1-4-5-12-24(45-33(35)44)18-23(36)19-27(38)31(41)30(40)21(3)25(34)13-8-6-10-20(2)11-7-9-14-29(39)46-28-17-22(32(42)43)15-16-26(28)37/h5-14,21-24,26,28,30-31,36-37,40-41H,4,15-19H2,1-3H3,(H2,35,44)(H,42,43)/b8-6+,11-7+,12-5+,14-9+,20-10+,25-13-/t21?,22-,23?,24?,26-,28+,30?,31?/m1/s1.